The van der Waals surface area contributed by atoms with Gasteiger partial charge in [-0.3, -0.25) is 15.1 Å². The normalized spacial score (nSPS) is 16.1. The Balaban J connectivity index is 1.63. The highest BCUT2D eigenvalue weighted by atomic mass is 16.6. The molecule has 0 aliphatic carbocycles. The molecule has 3 rings (SSSR count). The van der Waals surface area contributed by atoms with Gasteiger partial charge in [0.25, 0.3) is 0 Å². The average Bonchev–Trinajstić information content (AvgIpc) is 3.01. The van der Waals surface area contributed by atoms with Gasteiger partial charge in [-0.1, -0.05) is 18.2 Å². The van der Waals surface area contributed by atoms with Gasteiger partial charge in [0.2, 0.25) is 0 Å². The monoisotopic (exact) mass is 369 g/mol. The number of carbonyl (C=O) groups is 2. The van der Waals surface area contributed by atoms with Gasteiger partial charge in [-0.25, -0.2) is 4.79 Å². The Morgan fingerprint density at radius 3 is 2.63 bits per heavy atom. The number of ether oxygens (including phenoxy) is 2. The molecule has 1 aliphatic rings. The maximum Gasteiger partial charge on any atom is 0.414 e. The van der Waals surface area contributed by atoms with Crippen LogP contribution in [0.1, 0.15) is 11.1 Å². The summed E-state index contributed by atoms with van der Waals surface area (Å²) in [6.07, 6.45) is -1.12. The minimum atomic E-state index is -0.946. The minimum Gasteiger partial charge on any atom is -0.489 e. The van der Waals surface area contributed by atoms with Crippen LogP contribution in [0.5, 0.6) is 5.75 Å². The second-order valence-electron chi connectivity index (χ2n) is 6.07. The number of carboxylic acids is 1. The number of nitrogens with zero attached hydrogens (tertiary/aromatic N) is 1. The van der Waals surface area contributed by atoms with Gasteiger partial charge >= 0.3 is 12.1 Å². The number of hydrogen-bond donors (Lipinski definition) is 3. The summed E-state index contributed by atoms with van der Waals surface area (Å²) in [7, 11) is 0. The number of nitrogen functional groups attached to an aromatic ring is 1. The van der Waals surface area contributed by atoms with E-state index >= 15 is 0 Å². The van der Waals surface area contributed by atoms with Crippen molar-refractivity contribution in [1.82, 2.24) is 0 Å². The number of nitrogens with one attached hydrogen (secondary N) is 1. The lowest BCUT2D eigenvalue weighted by Crippen LogP contribution is -2.26. The summed E-state index contributed by atoms with van der Waals surface area (Å²) < 4.78 is 11.0. The largest absolute Gasteiger partial charge is 0.489 e. The van der Waals surface area contributed by atoms with Crippen molar-refractivity contribution in [2.75, 3.05) is 18.1 Å². The van der Waals surface area contributed by atoms with Crippen molar-refractivity contribution in [3.63, 3.8) is 0 Å². The molecule has 4 N–H and O–H groups in total. The second-order valence-corrected chi connectivity index (χ2v) is 6.07. The van der Waals surface area contributed by atoms with Crippen LogP contribution in [-0.2, 0) is 16.0 Å². The standard InChI is InChI=1S/C19H19N3O5/c20-18(21)12-5-7-14(8-6-12)22-10-15(27-19(22)25)11-26-16-4-2-1-3-13(16)9-17(23)24/h1-8,15H,9-11H2,(H3,20,21)(H,23,24). The molecular formula is C19H19N3O5. The fourth-order valence-electron chi connectivity index (χ4n) is 2.78. The molecule has 0 spiro atoms. The lowest BCUT2D eigenvalue weighted by molar-refractivity contribution is -0.136. The number of anilines is 1. The van der Waals surface area contributed by atoms with Gasteiger partial charge < -0.3 is 20.3 Å². The van der Waals surface area contributed by atoms with Crippen molar-refractivity contribution < 1.29 is 24.2 Å². The molecule has 2 aromatic carbocycles. The molecule has 0 bridgehead atoms. The molecule has 140 valence electrons. The van der Waals surface area contributed by atoms with Crippen LogP contribution in [-0.4, -0.2) is 42.3 Å². The molecule has 1 atom stereocenters. The maximum atomic E-state index is 12.1. The second kappa shape index (κ2) is 7.77. The first-order valence-electron chi connectivity index (χ1n) is 8.29. The van der Waals surface area contributed by atoms with Gasteiger partial charge in [0.1, 0.15) is 18.2 Å². The van der Waals surface area contributed by atoms with E-state index in [1.54, 1.807) is 48.5 Å². The molecule has 27 heavy (non-hydrogen) atoms. The van der Waals surface area contributed by atoms with E-state index in [0.29, 0.717) is 29.1 Å². The third-order valence-electron chi connectivity index (χ3n) is 4.10. The Kier molecular flexibility index (Phi) is 5.25. The SMILES string of the molecule is N=C(N)c1ccc(N2CC(COc3ccccc3CC(=O)O)OC2=O)cc1. The van der Waals surface area contributed by atoms with E-state index < -0.39 is 18.2 Å². The number of benzene rings is 2. The molecule has 1 aliphatic heterocycles. The maximum absolute atomic E-state index is 12.1. The summed E-state index contributed by atoms with van der Waals surface area (Å²) in [6, 6.07) is 13.6. The molecule has 8 nitrogen and oxygen atoms in total. The average molecular weight is 369 g/mol. The van der Waals surface area contributed by atoms with Crippen LogP contribution >= 0.6 is 0 Å². The van der Waals surface area contributed by atoms with Gasteiger partial charge in [-0.2, -0.15) is 0 Å². The zero-order valence-corrected chi connectivity index (χ0v) is 14.4. The van der Waals surface area contributed by atoms with Crippen molar-refractivity contribution in [3.8, 4) is 5.75 Å². The lowest BCUT2D eigenvalue weighted by atomic mass is 10.1. The van der Waals surface area contributed by atoms with Crippen LogP contribution in [0.4, 0.5) is 10.5 Å². The van der Waals surface area contributed by atoms with E-state index in [-0.39, 0.29) is 18.9 Å². The lowest BCUT2D eigenvalue weighted by Gasteiger charge is -2.14. The number of para-hydroxylation sites is 1. The fourth-order valence-corrected chi connectivity index (χ4v) is 2.78. The number of rotatable bonds is 7. The molecule has 0 saturated carbocycles. The highest BCUT2D eigenvalue weighted by molar-refractivity contribution is 5.96. The zero-order valence-electron chi connectivity index (χ0n) is 14.4. The molecular weight excluding hydrogens is 350 g/mol. The molecule has 8 heteroatoms. The summed E-state index contributed by atoms with van der Waals surface area (Å²) in [4.78, 5) is 24.5. The van der Waals surface area contributed by atoms with E-state index in [4.69, 9.17) is 25.7 Å². The van der Waals surface area contributed by atoms with Crippen LogP contribution in [0.3, 0.4) is 0 Å². The van der Waals surface area contributed by atoms with Crippen LogP contribution in [0.25, 0.3) is 0 Å². The first-order valence-corrected chi connectivity index (χ1v) is 8.29. The minimum absolute atomic E-state index is 0.0446. The number of carbonyl (C=O) groups excluding carboxylic acids is 1. The Morgan fingerprint density at radius 2 is 1.96 bits per heavy atom. The highest BCUT2D eigenvalue weighted by Gasteiger charge is 2.33. The summed E-state index contributed by atoms with van der Waals surface area (Å²) >= 11 is 0. The molecule has 2 aromatic rings. The van der Waals surface area contributed by atoms with Crippen molar-refractivity contribution in [2.24, 2.45) is 5.73 Å². The molecule has 1 amide bonds. The third-order valence-corrected chi connectivity index (χ3v) is 4.10. The smallest absolute Gasteiger partial charge is 0.414 e. The van der Waals surface area contributed by atoms with Gasteiger partial charge in [0.15, 0.2) is 6.10 Å². The molecule has 1 saturated heterocycles. The molecule has 1 fully saturated rings. The Bertz CT molecular complexity index is 866. The van der Waals surface area contributed by atoms with Crippen molar-refractivity contribution in [2.45, 2.75) is 12.5 Å². The third kappa shape index (κ3) is 4.35. The van der Waals surface area contributed by atoms with Crippen molar-refractivity contribution >= 4 is 23.6 Å². The number of amides is 1. The fraction of sp³-hybridized carbons (Fsp3) is 0.211. The van der Waals surface area contributed by atoms with Crippen LogP contribution in [0.2, 0.25) is 0 Å². The summed E-state index contributed by atoms with van der Waals surface area (Å²) in [5, 5.41) is 16.4. The Morgan fingerprint density at radius 1 is 1.26 bits per heavy atom. The van der Waals surface area contributed by atoms with Gasteiger partial charge in [-0.05, 0) is 30.3 Å². The van der Waals surface area contributed by atoms with Gasteiger partial charge in [0.05, 0.1) is 13.0 Å². The first-order chi connectivity index (χ1) is 12.9. The summed E-state index contributed by atoms with van der Waals surface area (Å²) in [5.74, 6) is -0.532. The topological polar surface area (TPSA) is 126 Å². The summed E-state index contributed by atoms with van der Waals surface area (Å²) in [6.45, 7) is 0.420. The molecule has 1 heterocycles. The zero-order chi connectivity index (χ0) is 19.4. The first kappa shape index (κ1) is 18.2. The van der Waals surface area contributed by atoms with E-state index in [9.17, 15) is 9.59 Å². The van der Waals surface area contributed by atoms with Crippen molar-refractivity contribution in [1.29, 1.82) is 5.41 Å². The van der Waals surface area contributed by atoms with Gasteiger partial charge in [-0.15, -0.1) is 0 Å². The highest BCUT2D eigenvalue weighted by Crippen LogP contribution is 2.24. The molecule has 0 aromatic heterocycles. The van der Waals surface area contributed by atoms with Crippen LogP contribution in [0.15, 0.2) is 48.5 Å². The van der Waals surface area contributed by atoms with E-state index in [0.717, 1.165) is 0 Å². The van der Waals surface area contributed by atoms with E-state index in [1.165, 1.54) is 4.90 Å². The van der Waals surface area contributed by atoms with Crippen LogP contribution in [0, 0.1) is 5.41 Å². The van der Waals surface area contributed by atoms with Crippen molar-refractivity contribution in [3.05, 3.63) is 59.7 Å². The van der Waals surface area contributed by atoms with Crippen LogP contribution < -0.4 is 15.4 Å². The number of aliphatic carboxylic acids is 1. The number of amidine groups is 1. The van der Waals surface area contributed by atoms with Gasteiger partial charge in [0, 0.05) is 16.8 Å². The number of cyclic esters (lactones) is 1. The van der Waals surface area contributed by atoms with E-state index in [2.05, 4.69) is 0 Å². The summed E-state index contributed by atoms with van der Waals surface area (Å²) in [5.41, 5.74) is 7.20. The number of hydrogen-bond acceptors (Lipinski definition) is 5. The molecule has 1 unspecified atom stereocenters. The predicted octanol–water partition coefficient (Wildman–Crippen LogP) is 2.00. The Labute approximate surface area is 155 Å². The molecule has 0 radical (unpaired) electrons. The predicted molar refractivity (Wildman–Crippen MR) is 98.3 cm³/mol. The number of nitrogens with two attached hydrogens (primary N) is 1. The Hall–Kier alpha value is -3.55. The quantitative estimate of drug-likeness (QED) is 0.506. The van der Waals surface area contributed by atoms with E-state index in [1.807, 2.05) is 0 Å². The number of carboxylic acid groups (broad SMARTS) is 1.